The summed E-state index contributed by atoms with van der Waals surface area (Å²) in [6, 6.07) is 19.1. The van der Waals surface area contributed by atoms with Crippen LogP contribution in [0.15, 0.2) is 73.1 Å². The normalized spacial score (nSPS) is 12.2. The second-order valence-corrected chi connectivity index (χ2v) is 5.96. The van der Waals surface area contributed by atoms with Crippen LogP contribution < -0.4 is 10.1 Å². The van der Waals surface area contributed by atoms with E-state index in [9.17, 15) is 8.78 Å². The number of nitrogens with zero attached hydrogens (tertiary/aromatic N) is 1. The Bertz CT molecular complexity index is 826. The number of hydrogen-bond acceptors (Lipinski definition) is 3. The van der Waals surface area contributed by atoms with Crippen LogP contribution in [0.5, 0.6) is 5.75 Å². The molecule has 0 spiro atoms. The molecule has 3 rings (SSSR count). The van der Waals surface area contributed by atoms with Crippen molar-refractivity contribution >= 4 is 0 Å². The number of benzene rings is 2. The van der Waals surface area contributed by atoms with Gasteiger partial charge < -0.3 is 10.1 Å². The van der Waals surface area contributed by atoms with E-state index in [1.807, 2.05) is 30.3 Å². The zero-order chi connectivity index (χ0) is 18.4. The summed E-state index contributed by atoms with van der Waals surface area (Å²) in [7, 11) is 0. The number of nitrogens with one attached hydrogen (secondary N) is 1. The summed E-state index contributed by atoms with van der Waals surface area (Å²) in [6.07, 6.45) is 3.28. The van der Waals surface area contributed by atoms with Crippen molar-refractivity contribution in [3.05, 3.63) is 84.2 Å². The summed E-state index contributed by atoms with van der Waals surface area (Å²) in [6.45, 7) is -0.170. The Labute approximate surface area is 151 Å². The van der Waals surface area contributed by atoms with Gasteiger partial charge in [-0.15, -0.1) is 0 Å². The maximum absolute atomic E-state index is 12.7. The van der Waals surface area contributed by atoms with Crippen molar-refractivity contribution in [1.82, 2.24) is 10.3 Å². The third kappa shape index (κ3) is 4.64. The minimum absolute atomic E-state index is 0.146. The second kappa shape index (κ2) is 8.54. The van der Waals surface area contributed by atoms with Crippen LogP contribution in [0.3, 0.4) is 0 Å². The molecular weight excluding hydrogens is 334 g/mol. The van der Waals surface area contributed by atoms with Crippen LogP contribution in [0.25, 0.3) is 11.1 Å². The van der Waals surface area contributed by atoms with Crippen molar-refractivity contribution < 1.29 is 13.5 Å². The van der Waals surface area contributed by atoms with Gasteiger partial charge in [-0.1, -0.05) is 42.5 Å². The molecule has 1 heterocycles. The average molecular weight is 354 g/mol. The van der Waals surface area contributed by atoms with Gasteiger partial charge in [0.1, 0.15) is 5.75 Å². The van der Waals surface area contributed by atoms with Crippen LogP contribution >= 0.6 is 0 Å². The summed E-state index contributed by atoms with van der Waals surface area (Å²) in [5, 5.41) is 3.45. The van der Waals surface area contributed by atoms with Crippen molar-refractivity contribution in [2.24, 2.45) is 0 Å². The lowest BCUT2D eigenvalue weighted by atomic mass is 10.0. The van der Waals surface area contributed by atoms with Gasteiger partial charge in [-0.3, -0.25) is 4.98 Å². The Hall–Kier alpha value is -2.79. The number of pyridine rings is 1. The fourth-order valence-electron chi connectivity index (χ4n) is 2.76. The molecule has 1 N–H and O–H groups in total. The van der Waals surface area contributed by atoms with E-state index in [-0.39, 0.29) is 11.8 Å². The number of rotatable bonds is 7. The molecule has 134 valence electrons. The molecule has 0 aliphatic carbocycles. The molecular formula is C21H20F2N2O. The number of ether oxygens (including phenoxy) is 1. The topological polar surface area (TPSA) is 34.1 Å². The maximum atomic E-state index is 12.7. The summed E-state index contributed by atoms with van der Waals surface area (Å²) in [5.74, 6) is 0.146. The van der Waals surface area contributed by atoms with Crippen molar-refractivity contribution in [3.8, 4) is 16.9 Å². The molecule has 1 atom stereocenters. The minimum atomic E-state index is -2.87. The molecule has 0 aliphatic heterocycles. The van der Waals surface area contributed by atoms with Gasteiger partial charge in [0.05, 0.1) is 0 Å². The molecule has 0 aliphatic rings. The first-order valence-electron chi connectivity index (χ1n) is 8.40. The van der Waals surface area contributed by atoms with Gasteiger partial charge in [-0.2, -0.15) is 8.78 Å². The van der Waals surface area contributed by atoms with E-state index in [4.69, 9.17) is 0 Å². The number of aromatic nitrogens is 1. The first kappa shape index (κ1) is 18.0. The fourth-order valence-corrected chi connectivity index (χ4v) is 2.76. The average Bonchev–Trinajstić information content (AvgIpc) is 2.68. The van der Waals surface area contributed by atoms with Crippen molar-refractivity contribution in [3.63, 3.8) is 0 Å². The van der Waals surface area contributed by atoms with E-state index >= 15 is 0 Å². The fraction of sp³-hybridized carbons (Fsp3) is 0.190. The van der Waals surface area contributed by atoms with E-state index in [1.54, 1.807) is 30.6 Å². The summed E-state index contributed by atoms with van der Waals surface area (Å²) >= 11 is 0. The lowest BCUT2D eigenvalue weighted by molar-refractivity contribution is -0.0494. The highest BCUT2D eigenvalue weighted by molar-refractivity contribution is 5.70. The van der Waals surface area contributed by atoms with Crippen molar-refractivity contribution in [2.75, 3.05) is 0 Å². The van der Waals surface area contributed by atoms with E-state index in [1.165, 1.54) is 5.56 Å². The van der Waals surface area contributed by atoms with Crippen LogP contribution in [0, 0.1) is 0 Å². The van der Waals surface area contributed by atoms with Crippen LogP contribution in [-0.4, -0.2) is 11.6 Å². The standard InChI is InChI=1S/C21H20F2N2O/c1-15(17-6-3-2-4-7-17)25-13-16-9-10-20(26-21(22)23)19(12-16)18-8-5-11-24-14-18/h2-12,14-15,21,25H,13H2,1H3. The zero-order valence-corrected chi connectivity index (χ0v) is 14.4. The van der Waals surface area contributed by atoms with Gasteiger partial charge in [-0.25, -0.2) is 0 Å². The van der Waals surface area contributed by atoms with E-state index in [0.717, 1.165) is 11.1 Å². The van der Waals surface area contributed by atoms with E-state index in [2.05, 4.69) is 34.1 Å². The van der Waals surface area contributed by atoms with Crippen LogP contribution in [0.1, 0.15) is 24.1 Å². The molecule has 1 unspecified atom stereocenters. The number of alkyl halides is 2. The molecule has 1 aromatic heterocycles. The van der Waals surface area contributed by atoms with Gasteiger partial charge in [0.15, 0.2) is 0 Å². The van der Waals surface area contributed by atoms with E-state index < -0.39 is 6.61 Å². The Morgan fingerprint density at radius 1 is 1.04 bits per heavy atom. The largest absolute Gasteiger partial charge is 0.434 e. The Balaban J connectivity index is 1.80. The molecule has 0 bridgehead atoms. The third-order valence-corrected chi connectivity index (χ3v) is 4.14. The summed E-state index contributed by atoms with van der Waals surface area (Å²) in [5.41, 5.74) is 3.51. The molecule has 0 saturated carbocycles. The highest BCUT2D eigenvalue weighted by Crippen LogP contribution is 2.32. The predicted octanol–water partition coefficient (Wildman–Crippen LogP) is 5.20. The SMILES string of the molecule is CC(NCc1ccc(OC(F)F)c(-c2cccnc2)c1)c1ccccc1. The molecule has 0 radical (unpaired) electrons. The summed E-state index contributed by atoms with van der Waals surface area (Å²) in [4.78, 5) is 4.07. The Morgan fingerprint density at radius 2 is 1.85 bits per heavy atom. The number of hydrogen-bond donors (Lipinski definition) is 1. The monoisotopic (exact) mass is 354 g/mol. The molecule has 26 heavy (non-hydrogen) atoms. The predicted molar refractivity (Wildman–Crippen MR) is 98.0 cm³/mol. The maximum Gasteiger partial charge on any atom is 0.387 e. The Kier molecular flexibility index (Phi) is 5.92. The molecule has 5 heteroatoms. The second-order valence-electron chi connectivity index (χ2n) is 5.96. The van der Waals surface area contributed by atoms with Crippen LogP contribution in [0.2, 0.25) is 0 Å². The lowest BCUT2D eigenvalue weighted by Gasteiger charge is -2.16. The first-order valence-corrected chi connectivity index (χ1v) is 8.40. The van der Waals surface area contributed by atoms with Crippen LogP contribution in [0.4, 0.5) is 8.78 Å². The molecule has 0 saturated heterocycles. The highest BCUT2D eigenvalue weighted by atomic mass is 19.3. The molecule has 0 amide bonds. The van der Waals surface area contributed by atoms with Gasteiger partial charge in [-0.05, 0) is 36.2 Å². The number of halogens is 2. The highest BCUT2D eigenvalue weighted by Gasteiger charge is 2.13. The smallest absolute Gasteiger partial charge is 0.387 e. The molecule has 0 fully saturated rings. The van der Waals surface area contributed by atoms with Crippen molar-refractivity contribution in [1.29, 1.82) is 0 Å². The van der Waals surface area contributed by atoms with Gasteiger partial charge in [0.2, 0.25) is 0 Å². The van der Waals surface area contributed by atoms with Gasteiger partial charge >= 0.3 is 6.61 Å². The van der Waals surface area contributed by atoms with Crippen LogP contribution in [-0.2, 0) is 6.54 Å². The Morgan fingerprint density at radius 3 is 2.54 bits per heavy atom. The first-order chi connectivity index (χ1) is 12.6. The van der Waals surface area contributed by atoms with Gasteiger partial charge in [0, 0.05) is 36.1 Å². The molecule has 2 aromatic carbocycles. The quantitative estimate of drug-likeness (QED) is 0.633. The lowest BCUT2D eigenvalue weighted by Crippen LogP contribution is -2.18. The zero-order valence-electron chi connectivity index (χ0n) is 14.4. The van der Waals surface area contributed by atoms with E-state index in [0.29, 0.717) is 12.1 Å². The summed E-state index contributed by atoms with van der Waals surface area (Å²) < 4.78 is 30.1. The van der Waals surface area contributed by atoms with Crippen molar-refractivity contribution in [2.45, 2.75) is 26.1 Å². The molecule has 3 nitrogen and oxygen atoms in total. The van der Waals surface area contributed by atoms with Gasteiger partial charge in [0.25, 0.3) is 0 Å². The minimum Gasteiger partial charge on any atom is -0.434 e. The third-order valence-electron chi connectivity index (χ3n) is 4.14. The molecule has 3 aromatic rings.